The van der Waals surface area contributed by atoms with Gasteiger partial charge >= 0.3 is 0 Å². The summed E-state index contributed by atoms with van der Waals surface area (Å²) in [4.78, 5) is 16.6. The quantitative estimate of drug-likeness (QED) is 0.673. The molecule has 136 valence electrons. The Labute approximate surface area is 162 Å². The lowest BCUT2D eigenvalue weighted by molar-refractivity contribution is -0.127. The highest BCUT2D eigenvalue weighted by molar-refractivity contribution is 8.02. The second-order valence-electron chi connectivity index (χ2n) is 5.65. The first-order chi connectivity index (χ1) is 12.8. The fourth-order valence-corrected chi connectivity index (χ4v) is 5.64. The lowest BCUT2D eigenvalue weighted by Gasteiger charge is -2.26. The minimum atomic E-state index is 0.00229. The SMILES string of the molecule is O=C(CCc1nnc(Sc2nc3ccccc3s2)s1)NN1CCOCC1. The summed E-state index contributed by atoms with van der Waals surface area (Å²) in [7, 11) is 0. The molecule has 0 saturated carbocycles. The van der Waals surface area contributed by atoms with Crippen LogP contribution in [0, 0.1) is 0 Å². The Morgan fingerprint density at radius 3 is 2.88 bits per heavy atom. The second kappa shape index (κ2) is 8.40. The molecule has 3 heterocycles. The van der Waals surface area contributed by atoms with Gasteiger partial charge in [0.1, 0.15) is 5.01 Å². The number of morpholine rings is 1. The van der Waals surface area contributed by atoms with E-state index in [9.17, 15) is 4.79 Å². The van der Waals surface area contributed by atoms with Gasteiger partial charge < -0.3 is 4.74 Å². The molecule has 26 heavy (non-hydrogen) atoms. The van der Waals surface area contributed by atoms with Crippen molar-refractivity contribution in [2.24, 2.45) is 0 Å². The van der Waals surface area contributed by atoms with Crippen LogP contribution in [0.5, 0.6) is 0 Å². The number of aryl methyl sites for hydroxylation is 1. The zero-order valence-corrected chi connectivity index (χ0v) is 16.3. The molecule has 0 atom stereocenters. The molecule has 1 fully saturated rings. The molecule has 1 amide bonds. The molecule has 1 aromatic carbocycles. The minimum absolute atomic E-state index is 0.00229. The van der Waals surface area contributed by atoms with E-state index in [1.165, 1.54) is 27.8 Å². The summed E-state index contributed by atoms with van der Waals surface area (Å²) >= 11 is 4.70. The summed E-state index contributed by atoms with van der Waals surface area (Å²) < 4.78 is 8.24. The van der Waals surface area contributed by atoms with Crippen LogP contribution in [0.4, 0.5) is 0 Å². The number of nitrogens with zero attached hydrogens (tertiary/aromatic N) is 4. The normalized spacial score (nSPS) is 15.4. The summed E-state index contributed by atoms with van der Waals surface area (Å²) in [5.41, 5.74) is 3.91. The Hall–Kier alpha value is -1.59. The number of ether oxygens (including phenoxy) is 1. The number of hydrogen-bond acceptors (Lipinski definition) is 9. The van der Waals surface area contributed by atoms with E-state index in [1.54, 1.807) is 11.3 Å². The van der Waals surface area contributed by atoms with Gasteiger partial charge in [-0.05, 0) is 23.9 Å². The number of thiazole rings is 1. The van der Waals surface area contributed by atoms with Crippen LogP contribution < -0.4 is 5.43 Å². The molecular weight excluding hydrogens is 390 g/mol. The lowest BCUT2D eigenvalue weighted by Crippen LogP contribution is -2.48. The van der Waals surface area contributed by atoms with Crippen molar-refractivity contribution in [2.75, 3.05) is 26.3 Å². The molecule has 0 radical (unpaired) electrons. The van der Waals surface area contributed by atoms with E-state index >= 15 is 0 Å². The van der Waals surface area contributed by atoms with Gasteiger partial charge in [0.05, 0.1) is 23.4 Å². The van der Waals surface area contributed by atoms with E-state index in [1.807, 2.05) is 23.2 Å². The number of carbonyl (C=O) groups excluding carboxylic acids is 1. The third kappa shape index (κ3) is 4.57. The first-order valence-electron chi connectivity index (χ1n) is 8.24. The number of hydrazine groups is 1. The van der Waals surface area contributed by atoms with E-state index in [4.69, 9.17) is 4.74 Å². The number of benzene rings is 1. The molecule has 0 spiro atoms. The lowest BCUT2D eigenvalue weighted by atomic mass is 10.3. The number of aromatic nitrogens is 3. The Kier molecular flexibility index (Phi) is 5.75. The van der Waals surface area contributed by atoms with Crippen molar-refractivity contribution in [3.05, 3.63) is 29.3 Å². The van der Waals surface area contributed by atoms with Gasteiger partial charge in [0, 0.05) is 25.9 Å². The molecule has 3 aromatic rings. The molecule has 4 rings (SSSR count). The van der Waals surface area contributed by atoms with Gasteiger partial charge in [-0.3, -0.25) is 10.2 Å². The summed E-state index contributed by atoms with van der Waals surface area (Å²) in [5.74, 6) is 0.00229. The fraction of sp³-hybridized carbons (Fsp3) is 0.375. The number of para-hydroxylation sites is 1. The summed E-state index contributed by atoms with van der Waals surface area (Å²) in [6.07, 6.45) is 0.992. The van der Waals surface area contributed by atoms with Gasteiger partial charge in [-0.15, -0.1) is 21.5 Å². The van der Waals surface area contributed by atoms with Crippen LogP contribution in [-0.4, -0.2) is 52.4 Å². The number of fused-ring (bicyclic) bond motifs is 1. The van der Waals surface area contributed by atoms with Crippen molar-refractivity contribution in [3.63, 3.8) is 0 Å². The smallest absolute Gasteiger partial charge is 0.234 e. The van der Waals surface area contributed by atoms with E-state index in [0.29, 0.717) is 26.1 Å². The standard InChI is InChI=1S/C16H17N5O2S3/c22-13(20-21-7-9-23-10-8-21)5-6-14-18-19-16(25-14)26-15-17-11-3-1-2-4-12(11)24-15/h1-4H,5-10H2,(H,20,22). The zero-order valence-electron chi connectivity index (χ0n) is 13.9. The highest BCUT2D eigenvalue weighted by Crippen LogP contribution is 2.35. The first-order valence-corrected chi connectivity index (χ1v) is 10.7. The van der Waals surface area contributed by atoms with Crippen molar-refractivity contribution in [2.45, 2.75) is 21.5 Å². The summed E-state index contributed by atoms with van der Waals surface area (Å²) in [5, 5.41) is 11.2. The van der Waals surface area contributed by atoms with E-state index in [-0.39, 0.29) is 5.91 Å². The average molecular weight is 408 g/mol. The first kappa shape index (κ1) is 17.8. The molecule has 1 aliphatic heterocycles. The molecule has 0 bridgehead atoms. The monoisotopic (exact) mass is 407 g/mol. The number of nitrogens with one attached hydrogen (secondary N) is 1. The maximum atomic E-state index is 12.0. The van der Waals surface area contributed by atoms with E-state index < -0.39 is 0 Å². The summed E-state index contributed by atoms with van der Waals surface area (Å²) in [6.45, 7) is 2.77. The van der Waals surface area contributed by atoms with Crippen LogP contribution in [0.3, 0.4) is 0 Å². The predicted octanol–water partition coefficient (Wildman–Crippen LogP) is 2.60. The van der Waals surface area contributed by atoms with Gasteiger partial charge in [0.25, 0.3) is 0 Å². The predicted molar refractivity (Wildman–Crippen MR) is 103 cm³/mol. The van der Waals surface area contributed by atoms with Crippen molar-refractivity contribution >= 4 is 50.6 Å². The summed E-state index contributed by atoms with van der Waals surface area (Å²) in [6, 6.07) is 8.08. The topological polar surface area (TPSA) is 80.2 Å². The molecule has 1 aliphatic rings. The molecule has 1 saturated heterocycles. The van der Waals surface area contributed by atoms with E-state index in [2.05, 4.69) is 26.7 Å². The molecular formula is C16H17N5O2S3. The molecule has 7 nitrogen and oxygen atoms in total. The van der Waals surface area contributed by atoms with E-state index in [0.717, 1.165) is 32.3 Å². The average Bonchev–Trinajstić information content (AvgIpc) is 3.27. The van der Waals surface area contributed by atoms with Crippen molar-refractivity contribution in [1.29, 1.82) is 0 Å². The molecule has 0 aliphatic carbocycles. The molecule has 2 aromatic heterocycles. The largest absolute Gasteiger partial charge is 0.379 e. The molecule has 10 heteroatoms. The highest BCUT2D eigenvalue weighted by atomic mass is 32.2. The van der Waals surface area contributed by atoms with Crippen LogP contribution in [0.25, 0.3) is 10.2 Å². The molecule has 0 unspecified atom stereocenters. The van der Waals surface area contributed by atoms with Crippen molar-refractivity contribution in [3.8, 4) is 0 Å². The highest BCUT2D eigenvalue weighted by Gasteiger charge is 2.14. The number of amides is 1. The van der Waals surface area contributed by atoms with Crippen LogP contribution in [-0.2, 0) is 16.0 Å². The van der Waals surface area contributed by atoms with Crippen LogP contribution in [0.15, 0.2) is 32.9 Å². The maximum Gasteiger partial charge on any atom is 0.234 e. The Bertz CT molecular complexity index is 858. The van der Waals surface area contributed by atoms with Crippen LogP contribution in [0.1, 0.15) is 11.4 Å². The third-order valence-electron chi connectivity index (χ3n) is 3.76. The molecule has 1 N–H and O–H groups in total. The Morgan fingerprint density at radius 1 is 1.19 bits per heavy atom. The van der Waals surface area contributed by atoms with Crippen LogP contribution in [0.2, 0.25) is 0 Å². The Balaban J connectivity index is 1.29. The van der Waals surface area contributed by atoms with Crippen LogP contribution >= 0.6 is 34.4 Å². The Morgan fingerprint density at radius 2 is 2.04 bits per heavy atom. The second-order valence-corrected chi connectivity index (χ2v) is 9.23. The van der Waals surface area contributed by atoms with Crippen molar-refractivity contribution in [1.82, 2.24) is 25.6 Å². The van der Waals surface area contributed by atoms with Gasteiger partial charge in [-0.2, -0.15) is 0 Å². The number of carbonyl (C=O) groups is 1. The third-order valence-corrected chi connectivity index (χ3v) is 6.89. The van der Waals surface area contributed by atoms with Crippen molar-refractivity contribution < 1.29 is 9.53 Å². The van der Waals surface area contributed by atoms with Gasteiger partial charge in [0.15, 0.2) is 8.68 Å². The zero-order chi connectivity index (χ0) is 17.8. The van der Waals surface area contributed by atoms with Gasteiger partial charge in [0.2, 0.25) is 5.91 Å². The fourth-order valence-electron chi connectivity index (χ4n) is 2.48. The number of rotatable bonds is 6. The van der Waals surface area contributed by atoms with Gasteiger partial charge in [-0.1, -0.05) is 23.5 Å². The van der Waals surface area contributed by atoms with Gasteiger partial charge in [-0.25, -0.2) is 9.99 Å². The number of hydrogen-bond donors (Lipinski definition) is 1. The maximum absolute atomic E-state index is 12.0. The minimum Gasteiger partial charge on any atom is -0.379 e.